The zero-order valence-corrected chi connectivity index (χ0v) is 32.6. The fourth-order valence-corrected chi connectivity index (χ4v) is 7.72. The highest BCUT2D eigenvalue weighted by Crippen LogP contribution is 2.45. The van der Waals surface area contributed by atoms with Gasteiger partial charge in [-0.25, -0.2) is 9.59 Å². The molecule has 0 spiro atoms. The molecule has 0 atom stereocenters. The van der Waals surface area contributed by atoms with E-state index >= 15 is 0 Å². The van der Waals surface area contributed by atoms with Gasteiger partial charge in [0.15, 0.2) is 0 Å². The van der Waals surface area contributed by atoms with Crippen LogP contribution < -0.4 is 24.8 Å². The van der Waals surface area contributed by atoms with Crippen molar-refractivity contribution in [2.45, 2.75) is 18.4 Å². The Labute approximate surface area is 344 Å². The molecule has 0 fully saturated rings. The maximum Gasteiger partial charge on any atom is 0.407 e. The number of fused-ring (bicyclic) bond motifs is 6. The van der Waals surface area contributed by atoms with E-state index in [4.69, 9.17) is 28.4 Å². The third-order valence-electron chi connectivity index (χ3n) is 10.4. The summed E-state index contributed by atoms with van der Waals surface area (Å²) in [4.78, 5) is 25.5. The number of rotatable bonds is 18. The van der Waals surface area contributed by atoms with Gasteiger partial charge in [0, 0.05) is 30.0 Å². The van der Waals surface area contributed by atoms with Crippen molar-refractivity contribution >= 4 is 12.2 Å². The Kier molecular flexibility index (Phi) is 12.7. The second kappa shape index (κ2) is 19.1. The number of carbonyl (C=O) groups excluding carboxylic acids is 2. The molecular formula is C49H46N2O8. The Morgan fingerprint density at radius 3 is 1.24 bits per heavy atom. The molecule has 2 aliphatic carbocycles. The Balaban J connectivity index is 0.807. The summed E-state index contributed by atoms with van der Waals surface area (Å²) in [5, 5.41) is 5.58. The molecule has 0 aromatic heterocycles. The van der Waals surface area contributed by atoms with Crippen molar-refractivity contribution in [3.05, 3.63) is 173 Å². The van der Waals surface area contributed by atoms with Crippen LogP contribution in [0.1, 0.15) is 39.7 Å². The van der Waals surface area contributed by atoms with Crippen molar-refractivity contribution in [2.24, 2.45) is 0 Å². The van der Waals surface area contributed by atoms with Gasteiger partial charge in [-0.2, -0.15) is 0 Å². The van der Waals surface area contributed by atoms with Crippen LogP contribution in [0.25, 0.3) is 22.3 Å². The van der Waals surface area contributed by atoms with E-state index in [-0.39, 0.29) is 51.4 Å². The predicted molar refractivity (Wildman–Crippen MR) is 225 cm³/mol. The van der Waals surface area contributed by atoms with E-state index in [1.807, 2.05) is 78.9 Å². The molecule has 6 aromatic carbocycles. The number of hydrogen-bond acceptors (Lipinski definition) is 8. The third-order valence-corrected chi connectivity index (χ3v) is 10.4. The van der Waals surface area contributed by atoms with Gasteiger partial charge in [-0.1, -0.05) is 127 Å². The van der Waals surface area contributed by atoms with Crippen molar-refractivity contribution in [1.82, 2.24) is 10.6 Å². The monoisotopic (exact) mass is 790 g/mol. The highest BCUT2D eigenvalue weighted by Gasteiger charge is 2.30. The standard InChI is InChI=1S/C49H46N2O8/c52-48(58-32-46-42-18-8-4-14-38(42)39-15-5-9-19-43(39)46)50-22-24-55-35-28-36(30-37(29-35)57-27-26-54-31-34-12-2-1-3-13-34)56-25-23-51-49(53)59-33-47-44-20-10-6-16-40(44)41-17-7-11-21-45(41)47/h1-21,28-30,46-47H,22-27,31-33H2,(H,50,52)(H,51,53). The van der Waals surface area contributed by atoms with E-state index in [1.165, 1.54) is 22.3 Å². The summed E-state index contributed by atoms with van der Waals surface area (Å²) in [6.07, 6.45) is -1.04. The molecule has 0 bridgehead atoms. The average Bonchev–Trinajstić information content (AvgIpc) is 3.77. The molecule has 2 amide bonds. The Morgan fingerprint density at radius 1 is 0.441 bits per heavy atom. The summed E-state index contributed by atoms with van der Waals surface area (Å²) < 4.78 is 35.2. The summed E-state index contributed by atoms with van der Waals surface area (Å²) in [6.45, 7) is 2.41. The smallest absolute Gasteiger partial charge is 0.407 e. The normalized spacial score (nSPS) is 12.4. The molecule has 0 heterocycles. The average molecular weight is 791 g/mol. The Morgan fingerprint density at radius 2 is 0.814 bits per heavy atom. The van der Waals surface area contributed by atoms with Crippen molar-refractivity contribution in [1.29, 1.82) is 0 Å². The second-order valence-electron chi connectivity index (χ2n) is 14.2. The van der Waals surface area contributed by atoms with E-state index in [0.717, 1.165) is 27.8 Å². The van der Waals surface area contributed by atoms with Crippen LogP contribution in [0.5, 0.6) is 17.2 Å². The topological polar surface area (TPSA) is 114 Å². The molecule has 0 saturated carbocycles. The van der Waals surface area contributed by atoms with E-state index < -0.39 is 12.2 Å². The van der Waals surface area contributed by atoms with Crippen LogP contribution >= 0.6 is 0 Å². The molecule has 8 rings (SSSR count). The molecule has 0 unspecified atom stereocenters. The fraction of sp³-hybridized carbons (Fsp3) is 0.224. The largest absolute Gasteiger partial charge is 0.491 e. The maximum absolute atomic E-state index is 12.7. The summed E-state index contributed by atoms with van der Waals surface area (Å²) in [7, 11) is 0. The minimum absolute atomic E-state index is 0.0246. The molecule has 6 aromatic rings. The fourth-order valence-electron chi connectivity index (χ4n) is 7.72. The van der Waals surface area contributed by atoms with Crippen LogP contribution in [0.15, 0.2) is 146 Å². The van der Waals surface area contributed by atoms with Crippen LogP contribution in [-0.2, 0) is 20.8 Å². The summed E-state index contributed by atoms with van der Waals surface area (Å²) in [6, 6.07) is 48.1. The zero-order valence-electron chi connectivity index (χ0n) is 32.6. The van der Waals surface area contributed by atoms with Gasteiger partial charge >= 0.3 is 12.2 Å². The molecule has 2 N–H and O–H groups in total. The summed E-state index contributed by atoms with van der Waals surface area (Å²) in [5.74, 6) is 1.45. The minimum atomic E-state index is -0.518. The highest BCUT2D eigenvalue weighted by atomic mass is 16.6. The van der Waals surface area contributed by atoms with Gasteiger partial charge in [0.05, 0.1) is 26.3 Å². The van der Waals surface area contributed by atoms with Crippen LogP contribution in [-0.4, -0.2) is 64.9 Å². The molecule has 10 nitrogen and oxygen atoms in total. The molecule has 10 heteroatoms. The predicted octanol–water partition coefficient (Wildman–Crippen LogP) is 9.12. The second-order valence-corrected chi connectivity index (χ2v) is 14.2. The van der Waals surface area contributed by atoms with Gasteiger partial charge in [0.25, 0.3) is 0 Å². The minimum Gasteiger partial charge on any atom is -0.491 e. The quantitative estimate of drug-likeness (QED) is 0.0830. The zero-order chi connectivity index (χ0) is 40.2. The van der Waals surface area contributed by atoms with Crippen molar-refractivity contribution in [3.63, 3.8) is 0 Å². The number of ether oxygens (including phenoxy) is 6. The first-order valence-corrected chi connectivity index (χ1v) is 19.9. The lowest BCUT2D eigenvalue weighted by molar-refractivity contribution is 0.0887. The van der Waals surface area contributed by atoms with Crippen molar-refractivity contribution in [2.75, 3.05) is 52.7 Å². The lowest BCUT2D eigenvalue weighted by Crippen LogP contribution is -2.30. The van der Waals surface area contributed by atoms with Gasteiger partial charge in [-0.3, -0.25) is 0 Å². The number of nitrogens with one attached hydrogen (secondary N) is 2. The molecule has 300 valence electrons. The van der Waals surface area contributed by atoms with Gasteiger partial charge in [-0.15, -0.1) is 0 Å². The number of carbonyl (C=O) groups is 2. The van der Waals surface area contributed by atoms with E-state index in [2.05, 4.69) is 59.2 Å². The van der Waals surface area contributed by atoms with Crippen molar-refractivity contribution < 1.29 is 38.0 Å². The molecule has 2 aliphatic rings. The van der Waals surface area contributed by atoms with Crippen LogP contribution in [0, 0.1) is 0 Å². The lowest BCUT2D eigenvalue weighted by atomic mass is 9.98. The molecule has 0 radical (unpaired) electrons. The Hall–Kier alpha value is -6.78. The first kappa shape index (κ1) is 39.1. The molecule has 0 aliphatic heterocycles. The van der Waals surface area contributed by atoms with Gasteiger partial charge in [0.2, 0.25) is 0 Å². The molecular weight excluding hydrogens is 745 g/mol. The van der Waals surface area contributed by atoms with E-state index in [9.17, 15) is 9.59 Å². The number of benzene rings is 6. The van der Waals surface area contributed by atoms with Crippen molar-refractivity contribution in [3.8, 4) is 39.5 Å². The number of hydrogen-bond donors (Lipinski definition) is 2. The third kappa shape index (κ3) is 9.68. The summed E-state index contributed by atoms with van der Waals surface area (Å²) >= 11 is 0. The SMILES string of the molecule is O=C(NCCOc1cc(OCCNC(=O)OCC2c3ccccc3-c3ccccc32)cc(OCCOCc2ccccc2)c1)OCC1c2ccccc2-c2ccccc21. The number of amides is 2. The highest BCUT2D eigenvalue weighted by molar-refractivity contribution is 5.80. The lowest BCUT2D eigenvalue weighted by Gasteiger charge is -2.16. The van der Waals surface area contributed by atoms with Gasteiger partial charge in [-0.05, 0) is 50.1 Å². The van der Waals surface area contributed by atoms with E-state index in [0.29, 0.717) is 37.1 Å². The first-order chi connectivity index (χ1) is 29.1. The van der Waals surface area contributed by atoms with Crippen LogP contribution in [0.2, 0.25) is 0 Å². The van der Waals surface area contributed by atoms with Gasteiger partial charge in [0.1, 0.15) is 50.3 Å². The maximum atomic E-state index is 12.7. The van der Waals surface area contributed by atoms with Gasteiger partial charge < -0.3 is 39.1 Å². The van der Waals surface area contributed by atoms with Crippen LogP contribution in [0.4, 0.5) is 9.59 Å². The molecule has 59 heavy (non-hydrogen) atoms. The first-order valence-electron chi connectivity index (χ1n) is 19.9. The number of alkyl carbamates (subject to hydrolysis) is 2. The summed E-state index contributed by atoms with van der Waals surface area (Å²) in [5.41, 5.74) is 10.4. The van der Waals surface area contributed by atoms with Crippen LogP contribution in [0.3, 0.4) is 0 Å². The van der Waals surface area contributed by atoms with E-state index in [1.54, 1.807) is 18.2 Å². The molecule has 0 saturated heterocycles. The Bertz CT molecular complexity index is 2140.